The lowest BCUT2D eigenvalue weighted by molar-refractivity contribution is 0.0134. The molecule has 3 aliphatic rings. The molecule has 9 nitrogen and oxygen atoms in total. The quantitative estimate of drug-likeness (QED) is 0.353. The molecule has 0 spiro atoms. The van der Waals surface area contributed by atoms with Crippen LogP contribution < -0.4 is 4.90 Å². The first-order chi connectivity index (χ1) is 19.2. The van der Waals surface area contributed by atoms with Crippen LogP contribution in [0.1, 0.15) is 89.4 Å². The van der Waals surface area contributed by atoms with Gasteiger partial charge in [0, 0.05) is 43.8 Å². The van der Waals surface area contributed by atoms with Crippen molar-refractivity contribution in [3.05, 3.63) is 54.4 Å². The molecule has 1 amide bonds. The van der Waals surface area contributed by atoms with Crippen molar-refractivity contribution < 1.29 is 9.53 Å². The van der Waals surface area contributed by atoms with E-state index in [9.17, 15) is 4.79 Å². The van der Waals surface area contributed by atoms with Crippen LogP contribution in [0, 0.1) is 5.92 Å². The predicted molar refractivity (Wildman–Crippen MR) is 154 cm³/mol. The van der Waals surface area contributed by atoms with Crippen molar-refractivity contribution in [3.63, 3.8) is 0 Å². The van der Waals surface area contributed by atoms with Crippen LogP contribution in [0.4, 0.5) is 10.6 Å². The van der Waals surface area contributed by atoms with E-state index in [0.29, 0.717) is 11.8 Å². The lowest BCUT2D eigenvalue weighted by atomic mass is 10.0. The first-order valence-corrected chi connectivity index (χ1v) is 14.8. The maximum absolute atomic E-state index is 13.1. The Hall–Kier alpha value is -3.49. The van der Waals surface area contributed by atoms with Gasteiger partial charge in [0.25, 0.3) is 0 Å². The molecule has 2 aliphatic carbocycles. The van der Waals surface area contributed by atoms with Crippen LogP contribution in [0.3, 0.4) is 0 Å². The zero-order chi connectivity index (χ0) is 27.9. The summed E-state index contributed by atoms with van der Waals surface area (Å²) in [6.45, 7) is 10.3. The SMILES string of the molecule is CC(c1ccc(N2CCC[C@@H](N(CC3CC3)C(=O)OC(C)(C)C)C2)nn1)n1cnc(-c2cncc(C3CC3)c2)c1. The fraction of sp³-hybridized carbons (Fsp3) is 0.581. The third-order valence-electron chi connectivity index (χ3n) is 8.19. The zero-order valence-electron chi connectivity index (χ0n) is 24.2. The molecule has 0 N–H and O–H groups in total. The highest BCUT2D eigenvalue weighted by Gasteiger charge is 2.36. The number of rotatable bonds is 8. The van der Waals surface area contributed by atoms with Gasteiger partial charge in [-0.05, 0) is 102 Å². The predicted octanol–water partition coefficient (Wildman–Crippen LogP) is 5.84. The molecule has 3 aromatic heterocycles. The molecule has 212 valence electrons. The second-order valence-corrected chi connectivity index (χ2v) is 12.8. The normalized spacial score (nSPS) is 20.3. The summed E-state index contributed by atoms with van der Waals surface area (Å²) in [5, 5.41) is 9.23. The topological polar surface area (TPSA) is 89.3 Å². The van der Waals surface area contributed by atoms with Gasteiger partial charge in [-0.2, -0.15) is 5.10 Å². The van der Waals surface area contributed by atoms with Gasteiger partial charge in [0.2, 0.25) is 0 Å². The van der Waals surface area contributed by atoms with E-state index in [2.05, 4.69) is 61.0 Å². The largest absolute Gasteiger partial charge is 0.444 e. The van der Waals surface area contributed by atoms with Crippen LogP contribution in [0.5, 0.6) is 0 Å². The van der Waals surface area contributed by atoms with Crippen molar-refractivity contribution >= 4 is 11.9 Å². The number of piperidine rings is 1. The second-order valence-electron chi connectivity index (χ2n) is 12.8. The van der Waals surface area contributed by atoms with Crippen LogP contribution >= 0.6 is 0 Å². The van der Waals surface area contributed by atoms with Crippen molar-refractivity contribution in [3.8, 4) is 11.3 Å². The zero-order valence-corrected chi connectivity index (χ0v) is 24.2. The minimum absolute atomic E-state index is 0.00215. The van der Waals surface area contributed by atoms with Crippen LogP contribution in [-0.2, 0) is 4.74 Å². The Kier molecular flexibility index (Phi) is 7.23. The lowest BCUT2D eigenvalue weighted by Crippen LogP contribution is -2.52. The summed E-state index contributed by atoms with van der Waals surface area (Å²) in [6.07, 6.45) is 14.5. The minimum atomic E-state index is -0.501. The third kappa shape index (κ3) is 6.29. The highest BCUT2D eigenvalue weighted by atomic mass is 16.6. The van der Waals surface area contributed by atoms with E-state index in [1.54, 1.807) is 0 Å². The van der Waals surface area contributed by atoms with E-state index in [4.69, 9.17) is 4.74 Å². The number of amides is 1. The average molecular weight is 544 g/mol. The van der Waals surface area contributed by atoms with Crippen molar-refractivity contribution in [2.45, 2.75) is 89.8 Å². The van der Waals surface area contributed by atoms with Gasteiger partial charge in [-0.3, -0.25) is 4.98 Å². The second kappa shape index (κ2) is 10.8. The Labute approximate surface area is 237 Å². The van der Waals surface area contributed by atoms with E-state index in [1.807, 2.05) is 44.4 Å². The first kappa shape index (κ1) is 26.7. The molecule has 0 aromatic carbocycles. The Bertz CT molecular complexity index is 1320. The molecule has 40 heavy (non-hydrogen) atoms. The molecule has 2 saturated carbocycles. The van der Waals surface area contributed by atoms with Gasteiger partial charge in [-0.1, -0.05) is 0 Å². The van der Waals surface area contributed by atoms with Gasteiger partial charge in [0.05, 0.1) is 29.8 Å². The van der Waals surface area contributed by atoms with Crippen molar-refractivity contribution in [1.82, 2.24) is 29.6 Å². The molecule has 9 heteroatoms. The molecule has 4 heterocycles. The van der Waals surface area contributed by atoms with Crippen LogP contribution in [0.25, 0.3) is 11.3 Å². The summed E-state index contributed by atoms with van der Waals surface area (Å²) in [4.78, 5) is 26.4. The molecule has 0 radical (unpaired) electrons. The van der Waals surface area contributed by atoms with Gasteiger partial charge < -0.3 is 19.1 Å². The summed E-state index contributed by atoms with van der Waals surface area (Å²) in [5.41, 5.74) is 3.67. The number of anilines is 1. The highest BCUT2D eigenvalue weighted by Crippen LogP contribution is 2.40. The number of aromatic nitrogens is 5. The number of pyridine rings is 1. The number of hydrogen-bond acceptors (Lipinski definition) is 7. The van der Waals surface area contributed by atoms with Gasteiger partial charge in [0.1, 0.15) is 5.60 Å². The van der Waals surface area contributed by atoms with Crippen molar-refractivity contribution in [2.24, 2.45) is 5.92 Å². The number of carbonyl (C=O) groups excluding carboxylic acids is 1. The monoisotopic (exact) mass is 543 g/mol. The molecule has 0 bridgehead atoms. The molecule has 6 rings (SSSR count). The van der Waals surface area contributed by atoms with Crippen LogP contribution in [0.15, 0.2) is 43.1 Å². The van der Waals surface area contributed by atoms with Crippen molar-refractivity contribution in [2.75, 3.05) is 24.5 Å². The Morgan fingerprint density at radius 3 is 2.65 bits per heavy atom. The summed E-state index contributed by atoms with van der Waals surface area (Å²) in [5.74, 6) is 2.12. The fourth-order valence-electron chi connectivity index (χ4n) is 5.50. The molecule has 3 aromatic rings. The van der Waals surface area contributed by atoms with Crippen LogP contribution in [0.2, 0.25) is 0 Å². The summed E-state index contributed by atoms with van der Waals surface area (Å²) >= 11 is 0. The van der Waals surface area contributed by atoms with E-state index in [-0.39, 0.29) is 18.2 Å². The first-order valence-electron chi connectivity index (χ1n) is 14.8. The molecule has 1 unspecified atom stereocenters. The highest BCUT2D eigenvalue weighted by molar-refractivity contribution is 5.69. The average Bonchev–Trinajstić information content (AvgIpc) is 3.89. The summed E-state index contributed by atoms with van der Waals surface area (Å²) in [6, 6.07) is 6.44. The van der Waals surface area contributed by atoms with Crippen molar-refractivity contribution in [1.29, 1.82) is 0 Å². The van der Waals surface area contributed by atoms with E-state index in [0.717, 1.165) is 55.2 Å². The Morgan fingerprint density at radius 2 is 1.95 bits per heavy atom. The number of imidazole rings is 1. The Balaban J connectivity index is 1.12. The number of hydrogen-bond donors (Lipinski definition) is 0. The van der Waals surface area contributed by atoms with Gasteiger partial charge in [0.15, 0.2) is 5.82 Å². The summed E-state index contributed by atoms with van der Waals surface area (Å²) in [7, 11) is 0. The molecule has 2 atom stereocenters. The number of nitrogens with zero attached hydrogens (tertiary/aromatic N) is 7. The number of ether oxygens (including phenoxy) is 1. The molecule has 1 saturated heterocycles. The van der Waals surface area contributed by atoms with E-state index < -0.39 is 5.60 Å². The van der Waals surface area contributed by atoms with Crippen LogP contribution in [-0.4, -0.2) is 67.0 Å². The molecule has 1 aliphatic heterocycles. The number of carbonyl (C=O) groups is 1. The van der Waals surface area contributed by atoms with Gasteiger partial charge in [-0.25, -0.2) is 9.78 Å². The minimum Gasteiger partial charge on any atom is -0.444 e. The summed E-state index contributed by atoms with van der Waals surface area (Å²) < 4.78 is 7.86. The van der Waals surface area contributed by atoms with E-state index >= 15 is 0 Å². The van der Waals surface area contributed by atoms with E-state index in [1.165, 1.54) is 31.2 Å². The molecular weight excluding hydrogens is 502 g/mol. The molecule has 3 fully saturated rings. The maximum Gasteiger partial charge on any atom is 0.410 e. The standard InChI is InChI=1S/C31H41N7O2/c1-21(37-19-28(33-20-37)25-14-24(15-32-16-25)23-9-10-23)27-11-12-29(35-34-27)36-13-5-6-26(18-36)38(17-22-7-8-22)30(39)40-31(2,3)4/h11-12,14-16,19-23,26H,5-10,13,17-18H2,1-4H3/t21?,26-/m1/s1. The fourth-order valence-corrected chi connectivity index (χ4v) is 5.50. The molecular formula is C31H41N7O2. The smallest absolute Gasteiger partial charge is 0.410 e. The maximum atomic E-state index is 13.1. The lowest BCUT2D eigenvalue weighted by Gasteiger charge is -2.40. The Morgan fingerprint density at radius 1 is 1.12 bits per heavy atom. The van der Waals surface area contributed by atoms with Gasteiger partial charge in [-0.15, -0.1) is 5.10 Å². The van der Waals surface area contributed by atoms with Gasteiger partial charge >= 0.3 is 6.09 Å². The third-order valence-corrected chi connectivity index (χ3v) is 8.19.